The van der Waals surface area contributed by atoms with Crippen molar-refractivity contribution in [3.05, 3.63) is 35.9 Å². The molecule has 150 valence electrons. The van der Waals surface area contributed by atoms with Crippen molar-refractivity contribution >= 4 is 16.2 Å². The van der Waals surface area contributed by atoms with Gasteiger partial charge in [0.1, 0.15) is 0 Å². The zero-order chi connectivity index (χ0) is 19.3. The van der Waals surface area contributed by atoms with Crippen molar-refractivity contribution in [1.29, 1.82) is 0 Å². The highest BCUT2D eigenvalue weighted by molar-refractivity contribution is 7.87. The maximum atomic E-state index is 12.8. The van der Waals surface area contributed by atoms with Gasteiger partial charge in [-0.05, 0) is 31.7 Å². The monoisotopic (exact) mass is 395 g/mol. The number of carbonyl (C=O) groups is 1. The minimum absolute atomic E-state index is 0.0957. The van der Waals surface area contributed by atoms with Crippen LogP contribution in [0.5, 0.6) is 0 Å². The number of likely N-dealkylation sites (tertiary alicyclic amines) is 1. The average Bonchev–Trinajstić information content (AvgIpc) is 3.09. The summed E-state index contributed by atoms with van der Waals surface area (Å²) in [5.74, 6) is -0.666. The van der Waals surface area contributed by atoms with Gasteiger partial charge in [0.15, 0.2) is 0 Å². The molecular formula is C19H29N3O4S. The van der Waals surface area contributed by atoms with Crippen LogP contribution in [-0.2, 0) is 26.3 Å². The fourth-order valence-corrected chi connectivity index (χ4v) is 5.32. The maximum absolute atomic E-state index is 12.8. The first-order chi connectivity index (χ1) is 13.0. The zero-order valence-corrected chi connectivity index (χ0v) is 16.7. The highest BCUT2D eigenvalue weighted by Gasteiger charge is 2.35. The summed E-state index contributed by atoms with van der Waals surface area (Å²) in [4.78, 5) is 14.2. The fourth-order valence-electron chi connectivity index (χ4n) is 3.81. The smallest absolute Gasteiger partial charge is 0.310 e. The first-order valence-corrected chi connectivity index (χ1v) is 11.1. The van der Waals surface area contributed by atoms with E-state index < -0.39 is 10.2 Å². The van der Waals surface area contributed by atoms with Crippen LogP contribution in [0.2, 0.25) is 0 Å². The molecule has 3 rings (SSSR count). The molecule has 2 saturated heterocycles. The number of benzene rings is 1. The Labute approximate surface area is 161 Å². The molecule has 0 bridgehead atoms. The molecule has 2 aliphatic heterocycles. The lowest BCUT2D eigenvalue weighted by Gasteiger charge is -2.31. The van der Waals surface area contributed by atoms with E-state index in [0.717, 1.165) is 19.5 Å². The van der Waals surface area contributed by atoms with Crippen LogP contribution in [0.1, 0.15) is 31.7 Å². The maximum Gasteiger partial charge on any atom is 0.310 e. The highest BCUT2D eigenvalue weighted by atomic mass is 32.2. The SMILES string of the molecule is CCOC(=O)[C@H]1CCCN(S(=O)(=O)N[C@@H]2CCN(Cc3ccccc3)C2)C1. The molecule has 8 heteroatoms. The Bertz CT molecular complexity index is 726. The van der Waals surface area contributed by atoms with Crippen LogP contribution in [0.25, 0.3) is 0 Å². The van der Waals surface area contributed by atoms with E-state index in [0.29, 0.717) is 32.5 Å². The zero-order valence-electron chi connectivity index (χ0n) is 15.8. The van der Waals surface area contributed by atoms with E-state index in [1.165, 1.54) is 9.87 Å². The molecule has 0 aliphatic carbocycles. The summed E-state index contributed by atoms with van der Waals surface area (Å²) >= 11 is 0. The number of piperidine rings is 1. The number of hydrogen-bond acceptors (Lipinski definition) is 5. The van der Waals surface area contributed by atoms with Crippen LogP contribution in [0, 0.1) is 5.92 Å². The van der Waals surface area contributed by atoms with Crippen molar-refractivity contribution in [3.8, 4) is 0 Å². The second kappa shape index (κ2) is 9.14. The molecule has 1 N–H and O–H groups in total. The van der Waals surface area contributed by atoms with E-state index in [9.17, 15) is 13.2 Å². The molecule has 2 atom stereocenters. The van der Waals surface area contributed by atoms with Gasteiger partial charge in [-0.15, -0.1) is 0 Å². The molecular weight excluding hydrogens is 366 g/mol. The number of nitrogens with zero attached hydrogens (tertiary/aromatic N) is 2. The number of carbonyl (C=O) groups excluding carboxylic acids is 1. The van der Waals surface area contributed by atoms with Crippen LogP contribution < -0.4 is 4.72 Å². The fraction of sp³-hybridized carbons (Fsp3) is 0.632. The normalized spacial score (nSPS) is 24.8. The van der Waals surface area contributed by atoms with Gasteiger partial charge in [0.2, 0.25) is 0 Å². The Morgan fingerprint density at radius 2 is 1.96 bits per heavy atom. The molecule has 2 heterocycles. The van der Waals surface area contributed by atoms with Crippen LogP contribution in [0.4, 0.5) is 0 Å². The highest BCUT2D eigenvalue weighted by Crippen LogP contribution is 2.21. The van der Waals surface area contributed by atoms with E-state index in [1.54, 1.807) is 6.92 Å². The minimum Gasteiger partial charge on any atom is -0.466 e. The van der Waals surface area contributed by atoms with Crippen LogP contribution in [0.15, 0.2) is 30.3 Å². The third kappa shape index (κ3) is 5.51. The molecule has 2 fully saturated rings. The minimum atomic E-state index is -3.60. The van der Waals surface area contributed by atoms with Gasteiger partial charge in [0, 0.05) is 38.8 Å². The molecule has 0 spiro atoms. The lowest BCUT2D eigenvalue weighted by molar-refractivity contribution is -0.149. The summed E-state index contributed by atoms with van der Waals surface area (Å²) < 4.78 is 34.8. The van der Waals surface area contributed by atoms with Crippen molar-refractivity contribution in [3.63, 3.8) is 0 Å². The third-order valence-corrected chi connectivity index (χ3v) is 6.82. The van der Waals surface area contributed by atoms with E-state index >= 15 is 0 Å². The predicted octanol–water partition coefficient (Wildman–Crippen LogP) is 1.37. The van der Waals surface area contributed by atoms with Crippen molar-refractivity contribution in [2.75, 3.05) is 32.8 Å². The molecule has 7 nitrogen and oxygen atoms in total. The second-order valence-electron chi connectivity index (χ2n) is 7.28. The van der Waals surface area contributed by atoms with Gasteiger partial charge in [-0.2, -0.15) is 17.4 Å². The van der Waals surface area contributed by atoms with Gasteiger partial charge in [-0.3, -0.25) is 9.69 Å². The van der Waals surface area contributed by atoms with E-state index in [-0.39, 0.29) is 24.5 Å². The van der Waals surface area contributed by atoms with Crippen LogP contribution in [0.3, 0.4) is 0 Å². The molecule has 0 radical (unpaired) electrons. The predicted molar refractivity (Wildman–Crippen MR) is 103 cm³/mol. The number of esters is 1. The number of nitrogens with one attached hydrogen (secondary N) is 1. The largest absolute Gasteiger partial charge is 0.466 e. The molecule has 2 aliphatic rings. The van der Waals surface area contributed by atoms with Gasteiger partial charge in [0.05, 0.1) is 12.5 Å². The Balaban J connectivity index is 1.53. The first kappa shape index (κ1) is 20.3. The van der Waals surface area contributed by atoms with Gasteiger partial charge in [0.25, 0.3) is 10.2 Å². The summed E-state index contributed by atoms with van der Waals surface area (Å²) in [6.07, 6.45) is 2.15. The molecule has 0 saturated carbocycles. The van der Waals surface area contributed by atoms with Gasteiger partial charge in [-0.1, -0.05) is 30.3 Å². The molecule has 0 amide bonds. The number of rotatable bonds is 7. The third-order valence-electron chi connectivity index (χ3n) is 5.18. The average molecular weight is 396 g/mol. The topological polar surface area (TPSA) is 78.9 Å². The summed E-state index contributed by atoms with van der Waals surface area (Å²) in [5.41, 5.74) is 1.23. The first-order valence-electron chi connectivity index (χ1n) is 9.68. The van der Waals surface area contributed by atoms with Crippen molar-refractivity contribution < 1.29 is 17.9 Å². The van der Waals surface area contributed by atoms with Crippen LogP contribution >= 0.6 is 0 Å². The molecule has 0 unspecified atom stereocenters. The van der Waals surface area contributed by atoms with E-state index in [2.05, 4.69) is 21.8 Å². The molecule has 27 heavy (non-hydrogen) atoms. The summed E-state index contributed by atoms with van der Waals surface area (Å²) in [5, 5.41) is 0. The van der Waals surface area contributed by atoms with Gasteiger partial charge in [-0.25, -0.2) is 0 Å². The standard InChI is InChI=1S/C19H29N3O4S/c1-2-26-19(23)17-9-6-11-22(14-17)27(24,25)20-18-10-12-21(15-18)13-16-7-4-3-5-8-16/h3-5,7-8,17-18,20H,2,6,9-15H2,1H3/t17-,18+/m0/s1. The molecule has 1 aromatic carbocycles. The van der Waals surface area contributed by atoms with E-state index in [4.69, 9.17) is 4.74 Å². The Hall–Kier alpha value is -1.48. The lowest BCUT2D eigenvalue weighted by Crippen LogP contribution is -2.50. The quantitative estimate of drug-likeness (QED) is 0.706. The number of ether oxygens (including phenoxy) is 1. The van der Waals surface area contributed by atoms with Crippen LogP contribution in [-0.4, -0.2) is 62.4 Å². The Morgan fingerprint density at radius 1 is 1.19 bits per heavy atom. The Kier molecular flexibility index (Phi) is 6.86. The van der Waals surface area contributed by atoms with Crippen molar-refractivity contribution in [2.45, 2.75) is 38.8 Å². The van der Waals surface area contributed by atoms with Gasteiger partial charge < -0.3 is 4.74 Å². The number of hydrogen-bond donors (Lipinski definition) is 1. The molecule has 0 aromatic heterocycles. The summed E-state index contributed by atoms with van der Waals surface area (Å²) in [6, 6.07) is 10.1. The van der Waals surface area contributed by atoms with Crippen molar-refractivity contribution in [1.82, 2.24) is 13.9 Å². The van der Waals surface area contributed by atoms with Crippen molar-refractivity contribution in [2.24, 2.45) is 5.92 Å². The summed E-state index contributed by atoms with van der Waals surface area (Å²) in [7, 11) is -3.60. The second-order valence-corrected chi connectivity index (χ2v) is 8.98. The Morgan fingerprint density at radius 3 is 2.70 bits per heavy atom. The lowest BCUT2D eigenvalue weighted by atomic mass is 10.0. The van der Waals surface area contributed by atoms with Gasteiger partial charge >= 0.3 is 5.97 Å². The summed E-state index contributed by atoms with van der Waals surface area (Å²) in [6.45, 7) is 5.13. The molecule has 1 aromatic rings. The van der Waals surface area contributed by atoms with E-state index in [1.807, 2.05) is 18.2 Å².